The number of fused-ring (bicyclic) bond motifs is 1. The van der Waals surface area contributed by atoms with Crippen molar-refractivity contribution in [1.82, 2.24) is 14.9 Å². The molecule has 0 unspecified atom stereocenters. The Bertz CT molecular complexity index is 959. The van der Waals surface area contributed by atoms with Crippen molar-refractivity contribution in [1.29, 1.82) is 0 Å². The van der Waals surface area contributed by atoms with Crippen molar-refractivity contribution in [3.63, 3.8) is 0 Å². The van der Waals surface area contributed by atoms with E-state index in [-0.39, 0.29) is 22.2 Å². The Morgan fingerprint density at radius 1 is 1.21 bits per heavy atom. The van der Waals surface area contributed by atoms with Crippen molar-refractivity contribution in [3.8, 4) is 0 Å². The molecule has 28 heavy (non-hydrogen) atoms. The van der Waals surface area contributed by atoms with Crippen molar-refractivity contribution >= 4 is 29.0 Å². The fourth-order valence-corrected chi connectivity index (χ4v) is 4.04. The van der Waals surface area contributed by atoms with Crippen LogP contribution in [0.5, 0.6) is 0 Å². The maximum Gasteiger partial charge on any atom is 0.288 e. The number of amides is 1. The zero-order valence-corrected chi connectivity index (χ0v) is 16.3. The van der Waals surface area contributed by atoms with E-state index in [1.54, 1.807) is 4.90 Å². The van der Waals surface area contributed by atoms with E-state index in [9.17, 15) is 14.9 Å². The lowest BCUT2D eigenvalue weighted by atomic mass is 10.0. The number of anilines is 1. The summed E-state index contributed by atoms with van der Waals surface area (Å²) in [6.45, 7) is 4.72. The van der Waals surface area contributed by atoms with Gasteiger partial charge >= 0.3 is 0 Å². The molecule has 0 atom stereocenters. The maximum absolute atomic E-state index is 13.0. The topological polar surface area (TPSA) is 92.5 Å². The summed E-state index contributed by atoms with van der Waals surface area (Å²) >= 11 is 5.87. The van der Waals surface area contributed by atoms with Gasteiger partial charge in [-0.1, -0.05) is 11.6 Å². The number of carbonyl (C=O) groups is 1. The van der Waals surface area contributed by atoms with Crippen LogP contribution in [0.25, 0.3) is 0 Å². The molecule has 0 spiro atoms. The predicted molar refractivity (Wildman–Crippen MR) is 105 cm³/mol. The number of nitro groups is 1. The minimum atomic E-state index is -0.577. The third-order valence-electron chi connectivity index (χ3n) is 5.23. The fraction of sp³-hybridized carbons (Fsp3) is 0.421. The molecule has 3 heterocycles. The second-order valence-electron chi connectivity index (χ2n) is 7.11. The van der Waals surface area contributed by atoms with Crippen LogP contribution in [0.1, 0.15) is 40.3 Å². The maximum atomic E-state index is 13.0. The summed E-state index contributed by atoms with van der Waals surface area (Å²) in [5.41, 5.74) is 1.97. The minimum absolute atomic E-state index is 0.0192. The smallest absolute Gasteiger partial charge is 0.288 e. The van der Waals surface area contributed by atoms with E-state index in [0.29, 0.717) is 19.5 Å². The average Bonchev–Trinajstić information content (AvgIpc) is 3.21. The largest absolute Gasteiger partial charge is 0.356 e. The van der Waals surface area contributed by atoms with Crippen molar-refractivity contribution in [2.24, 2.45) is 0 Å². The Kier molecular flexibility index (Phi) is 4.89. The van der Waals surface area contributed by atoms with Gasteiger partial charge in [-0.3, -0.25) is 14.9 Å². The summed E-state index contributed by atoms with van der Waals surface area (Å²) in [7, 11) is 0. The van der Waals surface area contributed by atoms with E-state index in [4.69, 9.17) is 11.6 Å². The number of nitro benzene ring substituents is 1. The monoisotopic (exact) mass is 401 g/mol. The normalized spacial score (nSPS) is 16.2. The molecular formula is C19H20ClN5O3. The number of nitrogens with zero attached hydrogens (tertiary/aromatic N) is 5. The molecule has 0 saturated carbocycles. The molecule has 0 bridgehead atoms. The van der Waals surface area contributed by atoms with Crippen LogP contribution in [-0.2, 0) is 13.0 Å². The highest BCUT2D eigenvalue weighted by Gasteiger charge is 2.29. The first-order valence-corrected chi connectivity index (χ1v) is 9.66. The Morgan fingerprint density at radius 2 is 1.96 bits per heavy atom. The zero-order valence-electron chi connectivity index (χ0n) is 15.5. The van der Waals surface area contributed by atoms with Crippen molar-refractivity contribution < 1.29 is 9.72 Å². The molecule has 1 aromatic carbocycles. The molecule has 2 aliphatic heterocycles. The number of carbonyl (C=O) groups excluding carboxylic acids is 1. The first kappa shape index (κ1) is 18.6. The number of hydrogen-bond donors (Lipinski definition) is 0. The van der Waals surface area contributed by atoms with Crippen LogP contribution in [0.4, 0.5) is 11.5 Å². The molecule has 0 aliphatic carbocycles. The first-order valence-electron chi connectivity index (χ1n) is 9.28. The molecule has 146 valence electrons. The van der Waals surface area contributed by atoms with E-state index >= 15 is 0 Å². The molecule has 1 fully saturated rings. The van der Waals surface area contributed by atoms with Gasteiger partial charge in [0.15, 0.2) is 0 Å². The number of aromatic nitrogens is 2. The number of benzene rings is 1. The van der Waals surface area contributed by atoms with E-state index in [2.05, 4.69) is 14.9 Å². The van der Waals surface area contributed by atoms with Crippen LogP contribution in [-0.4, -0.2) is 45.3 Å². The Morgan fingerprint density at radius 3 is 2.68 bits per heavy atom. The van der Waals surface area contributed by atoms with E-state index in [0.717, 1.165) is 48.8 Å². The van der Waals surface area contributed by atoms with Crippen molar-refractivity contribution in [2.75, 3.05) is 24.5 Å². The number of aryl methyl sites for hydroxylation is 1. The van der Waals surface area contributed by atoms with E-state index in [1.165, 1.54) is 18.2 Å². The summed E-state index contributed by atoms with van der Waals surface area (Å²) in [5, 5.41) is 11.2. The molecule has 4 rings (SSSR count). The summed E-state index contributed by atoms with van der Waals surface area (Å²) in [5.74, 6) is 1.41. The van der Waals surface area contributed by atoms with E-state index < -0.39 is 4.92 Å². The molecule has 9 heteroatoms. The number of halogens is 1. The average molecular weight is 402 g/mol. The standard InChI is InChI=1S/C19H20ClN5O3/c1-12-21-16-6-9-24(11-14(16)18(22-12)23-7-2-3-8-23)19(26)13-4-5-15(20)17(10-13)25(27)28/h4-5,10H,2-3,6-9,11H2,1H3. The molecule has 0 radical (unpaired) electrons. The summed E-state index contributed by atoms with van der Waals surface area (Å²) in [6.07, 6.45) is 2.91. The summed E-state index contributed by atoms with van der Waals surface area (Å²) in [6, 6.07) is 4.17. The lowest BCUT2D eigenvalue weighted by Gasteiger charge is -2.31. The van der Waals surface area contributed by atoms with Crippen molar-refractivity contribution in [2.45, 2.75) is 32.7 Å². The minimum Gasteiger partial charge on any atom is -0.356 e. The van der Waals surface area contributed by atoms with Gasteiger partial charge in [0.05, 0.1) is 17.2 Å². The molecule has 8 nitrogen and oxygen atoms in total. The van der Waals surface area contributed by atoms with Gasteiger partial charge in [0, 0.05) is 43.2 Å². The molecule has 2 aliphatic rings. The fourth-order valence-electron chi connectivity index (χ4n) is 3.85. The van der Waals surface area contributed by atoms with Gasteiger partial charge in [-0.25, -0.2) is 9.97 Å². The van der Waals surface area contributed by atoms with Crippen LogP contribution in [0.3, 0.4) is 0 Å². The highest BCUT2D eigenvalue weighted by molar-refractivity contribution is 6.32. The number of rotatable bonds is 3. The quantitative estimate of drug-likeness (QED) is 0.579. The molecule has 2 aromatic rings. The van der Waals surface area contributed by atoms with E-state index in [1.807, 2.05) is 6.92 Å². The Labute approximate surface area is 167 Å². The lowest BCUT2D eigenvalue weighted by molar-refractivity contribution is -0.384. The second kappa shape index (κ2) is 7.35. The van der Waals surface area contributed by atoms with Gasteiger partial charge in [-0.15, -0.1) is 0 Å². The lowest BCUT2D eigenvalue weighted by Crippen LogP contribution is -2.38. The van der Waals surface area contributed by atoms with Gasteiger partial charge in [0.25, 0.3) is 11.6 Å². The zero-order chi connectivity index (χ0) is 19.8. The van der Waals surface area contributed by atoms with Gasteiger partial charge in [0.2, 0.25) is 0 Å². The predicted octanol–water partition coefficient (Wildman–Crippen LogP) is 3.15. The Balaban J connectivity index is 1.64. The van der Waals surface area contributed by atoms with Crippen LogP contribution in [0.2, 0.25) is 5.02 Å². The summed E-state index contributed by atoms with van der Waals surface area (Å²) in [4.78, 5) is 36.8. The Hall–Kier alpha value is -2.74. The highest BCUT2D eigenvalue weighted by Crippen LogP contribution is 2.31. The SMILES string of the molecule is Cc1nc2c(c(N3CCCC3)n1)CN(C(=O)c1ccc(Cl)c([N+](=O)[O-])c1)CC2. The van der Waals surface area contributed by atoms with Gasteiger partial charge in [-0.2, -0.15) is 0 Å². The molecule has 1 saturated heterocycles. The number of hydrogen-bond acceptors (Lipinski definition) is 6. The van der Waals surface area contributed by atoms with Gasteiger partial charge in [-0.05, 0) is 31.9 Å². The van der Waals surface area contributed by atoms with Gasteiger partial charge in [0.1, 0.15) is 16.7 Å². The third-order valence-corrected chi connectivity index (χ3v) is 5.55. The second-order valence-corrected chi connectivity index (χ2v) is 7.52. The van der Waals surface area contributed by atoms with Crippen LogP contribution in [0.15, 0.2) is 18.2 Å². The van der Waals surface area contributed by atoms with Crippen molar-refractivity contribution in [3.05, 3.63) is 56.0 Å². The van der Waals surface area contributed by atoms with Gasteiger partial charge < -0.3 is 9.80 Å². The van der Waals surface area contributed by atoms with Crippen LogP contribution in [0, 0.1) is 17.0 Å². The third kappa shape index (κ3) is 3.40. The first-order chi connectivity index (χ1) is 13.4. The molecule has 1 aromatic heterocycles. The van der Waals surface area contributed by atoms with Crippen LogP contribution < -0.4 is 4.90 Å². The molecular weight excluding hydrogens is 382 g/mol. The highest BCUT2D eigenvalue weighted by atomic mass is 35.5. The molecule has 1 amide bonds. The summed E-state index contributed by atoms with van der Waals surface area (Å²) < 4.78 is 0. The molecule has 0 N–H and O–H groups in total. The van der Waals surface area contributed by atoms with Crippen LogP contribution >= 0.6 is 11.6 Å².